The minimum Gasteiger partial charge on any atom is -0.393 e. The molecule has 2 aliphatic heterocycles. The fraction of sp³-hybridized carbons (Fsp3) is 1.00. The van der Waals surface area contributed by atoms with Gasteiger partial charge in [-0.15, -0.1) is 0 Å². The Balaban J connectivity index is 1.26. The van der Waals surface area contributed by atoms with Crippen molar-refractivity contribution in [3.8, 4) is 0 Å². The Hall–Kier alpha value is -0.120. The molecule has 0 aromatic heterocycles. The van der Waals surface area contributed by atoms with Gasteiger partial charge in [-0.05, 0) is 104 Å². The predicted octanol–water partition coefficient (Wildman–Crippen LogP) is 6.04. The molecule has 6 rings (SSSR count). The van der Waals surface area contributed by atoms with Crippen molar-refractivity contribution in [2.45, 2.75) is 110 Å². The monoisotopic (exact) mass is 430 g/mol. The molecule has 3 heteroatoms. The van der Waals surface area contributed by atoms with Crippen LogP contribution in [0.25, 0.3) is 0 Å². The zero-order valence-corrected chi connectivity index (χ0v) is 20.6. The van der Waals surface area contributed by atoms with Crippen LogP contribution >= 0.6 is 0 Å². The Labute approximate surface area is 190 Å². The average molecular weight is 431 g/mol. The van der Waals surface area contributed by atoms with Crippen LogP contribution in [0.15, 0.2) is 0 Å². The molecule has 13 atom stereocenters. The third kappa shape index (κ3) is 2.81. The molecule has 0 aromatic rings. The van der Waals surface area contributed by atoms with Crippen LogP contribution in [0.1, 0.15) is 92.4 Å². The van der Waals surface area contributed by atoms with Gasteiger partial charge in [0.05, 0.1) is 18.8 Å². The van der Waals surface area contributed by atoms with Crippen molar-refractivity contribution in [1.82, 2.24) is 0 Å². The zero-order valence-electron chi connectivity index (χ0n) is 20.6. The first-order valence-corrected chi connectivity index (χ1v) is 13.7. The number of ether oxygens (including phenoxy) is 2. The minimum absolute atomic E-state index is 0.0413. The summed E-state index contributed by atoms with van der Waals surface area (Å²) in [7, 11) is 0. The van der Waals surface area contributed by atoms with Gasteiger partial charge in [0.2, 0.25) is 0 Å². The molecule has 31 heavy (non-hydrogen) atoms. The van der Waals surface area contributed by atoms with Crippen LogP contribution in [-0.2, 0) is 9.47 Å². The topological polar surface area (TPSA) is 38.7 Å². The molecule has 0 aromatic carbocycles. The van der Waals surface area contributed by atoms with Crippen molar-refractivity contribution in [2.24, 2.45) is 58.2 Å². The number of hydrogen-bond donors (Lipinski definition) is 1. The number of fused-ring (bicyclic) bond motifs is 7. The van der Waals surface area contributed by atoms with Crippen LogP contribution in [0.4, 0.5) is 0 Å². The lowest BCUT2D eigenvalue weighted by Gasteiger charge is -2.61. The smallest absolute Gasteiger partial charge is 0.171 e. The van der Waals surface area contributed by atoms with Gasteiger partial charge in [-0.1, -0.05) is 34.6 Å². The van der Waals surface area contributed by atoms with E-state index in [0.717, 1.165) is 49.5 Å². The number of rotatable bonds is 0. The Morgan fingerprint density at radius 2 is 1.61 bits per heavy atom. The molecule has 2 heterocycles. The molecule has 6 fully saturated rings. The fourth-order valence-electron chi connectivity index (χ4n) is 10.5. The number of aliphatic hydroxyl groups excluding tert-OH is 1. The van der Waals surface area contributed by atoms with E-state index in [9.17, 15) is 5.11 Å². The first kappa shape index (κ1) is 21.4. The van der Waals surface area contributed by atoms with Gasteiger partial charge in [-0.25, -0.2) is 0 Å². The molecule has 0 radical (unpaired) electrons. The summed E-state index contributed by atoms with van der Waals surface area (Å²) in [5, 5.41) is 10.3. The summed E-state index contributed by atoms with van der Waals surface area (Å²) in [5.41, 5.74) is 0.884. The average Bonchev–Trinajstić information content (AvgIpc) is 3.16. The van der Waals surface area contributed by atoms with Gasteiger partial charge in [-0.2, -0.15) is 0 Å². The molecule has 4 unspecified atom stereocenters. The second-order valence-corrected chi connectivity index (χ2v) is 13.6. The molecular formula is C28H46O3. The molecule has 4 saturated carbocycles. The van der Waals surface area contributed by atoms with Crippen LogP contribution in [0.2, 0.25) is 0 Å². The highest BCUT2D eigenvalue weighted by atomic mass is 16.7. The van der Waals surface area contributed by atoms with Gasteiger partial charge >= 0.3 is 0 Å². The zero-order chi connectivity index (χ0) is 21.8. The standard InChI is InChI=1S/C28H46O3/c1-16-14-28(30-15-17(16)2)18(3)25-24(31-28)13-23-21-7-6-19-12-20(29)8-10-26(19,4)22(21)9-11-27(23,25)5/h16-25,29H,6-15H2,1-5H3/t16?,17-,18+,19-,20+,21?,22?,23?,24+,25+,26+,27+,28-/m1/s1. The van der Waals surface area contributed by atoms with Gasteiger partial charge in [0.15, 0.2) is 5.79 Å². The lowest BCUT2D eigenvalue weighted by Crippen LogP contribution is -2.55. The molecule has 1 spiro atoms. The van der Waals surface area contributed by atoms with Crippen molar-refractivity contribution < 1.29 is 14.6 Å². The third-order valence-electron chi connectivity index (χ3n) is 12.5. The summed E-state index contributed by atoms with van der Waals surface area (Å²) in [4.78, 5) is 0. The molecule has 2 saturated heterocycles. The van der Waals surface area contributed by atoms with Gasteiger partial charge in [0.25, 0.3) is 0 Å². The fourth-order valence-corrected chi connectivity index (χ4v) is 10.5. The largest absolute Gasteiger partial charge is 0.393 e. The second kappa shape index (κ2) is 6.95. The maximum Gasteiger partial charge on any atom is 0.171 e. The first-order valence-electron chi connectivity index (χ1n) is 13.7. The van der Waals surface area contributed by atoms with E-state index in [1.807, 2.05) is 0 Å². The van der Waals surface area contributed by atoms with Gasteiger partial charge in [0.1, 0.15) is 0 Å². The Bertz CT molecular complexity index is 723. The van der Waals surface area contributed by atoms with E-state index in [1.54, 1.807) is 0 Å². The molecule has 176 valence electrons. The van der Waals surface area contributed by atoms with E-state index < -0.39 is 0 Å². The molecule has 0 bridgehead atoms. The minimum atomic E-state index is -0.310. The number of hydrogen-bond acceptors (Lipinski definition) is 3. The highest BCUT2D eigenvalue weighted by Gasteiger charge is 2.69. The third-order valence-corrected chi connectivity index (χ3v) is 12.5. The summed E-state index contributed by atoms with van der Waals surface area (Å²) in [6.07, 6.45) is 11.6. The SMILES string of the molecule is CC1C[C@@]2(OC[C@H]1C)O[C@H]1CC3C4CC[C@@H]5C[C@@H](O)CC[C@]5(C)C4CC[C@]3(C)[C@H]1[C@@H]2C. The van der Waals surface area contributed by atoms with Crippen LogP contribution in [0.5, 0.6) is 0 Å². The molecule has 0 amide bonds. The van der Waals surface area contributed by atoms with Gasteiger partial charge in [0, 0.05) is 12.3 Å². The van der Waals surface area contributed by atoms with Gasteiger partial charge < -0.3 is 14.6 Å². The lowest BCUT2D eigenvalue weighted by atomic mass is 9.44. The molecular weight excluding hydrogens is 384 g/mol. The van der Waals surface area contributed by atoms with Crippen molar-refractivity contribution >= 4 is 0 Å². The van der Waals surface area contributed by atoms with Crippen molar-refractivity contribution in [1.29, 1.82) is 0 Å². The van der Waals surface area contributed by atoms with Crippen molar-refractivity contribution in [3.05, 3.63) is 0 Å². The summed E-state index contributed by atoms with van der Waals surface area (Å²) in [6.45, 7) is 13.3. The van der Waals surface area contributed by atoms with Crippen LogP contribution in [0, 0.1) is 58.2 Å². The summed E-state index contributed by atoms with van der Waals surface area (Å²) >= 11 is 0. The van der Waals surface area contributed by atoms with E-state index >= 15 is 0 Å². The van der Waals surface area contributed by atoms with Crippen molar-refractivity contribution in [2.75, 3.05) is 6.61 Å². The maximum atomic E-state index is 10.3. The second-order valence-electron chi connectivity index (χ2n) is 13.6. The molecule has 6 aliphatic rings. The Morgan fingerprint density at radius 3 is 2.39 bits per heavy atom. The Morgan fingerprint density at radius 1 is 0.839 bits per heavy atom. The predicted molar refractivity (Wildman–Crippen MR) is 122 cm³/mol. The summed E-state index contributed by atoms with van der Waals surface area (Å²) < 4.78 is 13.5. The molecule has 4 aliphatic carbocycles. The highest BCUT2D eigenvalue weighted by molar-refractivity contribution is 5.15. The van der Waals surface area contributed by atoms with E-state index in [2.05, 4.69) is 34.6 Å². The van der Waals surface area contributed by atoms with E-state index in [4.69, 9.17) is 9.47 Å². The molecule has 3 nitrogen and oxygen atoms in total. The molecule has 1 N–H and O–H groups in total. The van der Waals surface area contributed by atoms with Crippen LogP contribution in [-0.4, -0.2) is 29.7 Å². The van der Waals surface area contributed by atoms with E-state index in [1.165, 1.54) is 38.5 Å². The van der Waals surface area contributed by atoms with Crippen molar-refractivity contribution in [3.63, 3.8) is 0 Å². The normalized spacial score (nSPS) is 63.3. The van der Waals surface area contributed by atoms with Crippen LogP contribution in [0.3, 0.4) is 0 Å². The van der Waals surface area contributed by atoms with Gasteiger partial charge in [-0.3, -0.25) is 0 Å². The summed E-state index contributed by atoms with van der Waals surface area (Å²) in [5.74, 6) is 5.51. The Kier molecular flexibility index (Phi) is 4.80. The highest BCUT2D eigenvalue weighted by Crippen LogP contribution is 2.71. The van der Waals surface area contributed by atoms with E-state index in [-0.39, 0.29) is 11.9 Å². The number of aliphatic hydroxyl groups is 1. The van der Waals surface area contributed by atoms with Crippen LogP contribution < -0.4 is 0 Å². The maximum absolute atomic E-state index is 10.3. The first-order chi connectivity index (χ1) is 14.7. The quantitative estimate of drug-likeness (QED) is 0.509. The summed E-state index contributed by atoms with van der Waals surface area (Å²) in [6, 6.07) is 0. The van der Waals surface area contributed by atoms with E-state index in [0.29, 0.717) is 40.6 Å². The lowest BCUT2D eigenvalue weighted by molar-refractivity contribution is -0.282.